The van der Waals surface area contributed by atoms with Crippen LogP contribution < -0.4 is 5.32 Å². The van der Waals surface area contributed by atoms with Gasteiger partial charge in [0, 0.05) is 26.2 Å². The third kappa shape index (κ3) is 5.10. The van der Waals surface area contributed by atoms with Crippen LogP contribution in [-0.2, 0) is 16.6 Å². The molecule has 0 saturated carbocycles. The Morgan fingerprint density at radius 3 is 2.48 bits per heavy atom. The predicted octanol–water partition coefficient (Wildman–Crippen LogP) is 1.27. The summed E-state index contributed by atoms with van der Waals surface area (Å²) in [7, 11) is 1.94. The molecule has 0 bridgehead atoms. The summed E-state index contributed by atoms with van der Waals surface area (Å²) in [4.78, 5) is 2.21. The third-order valence-corrected chi connectivity index (χ3v) is 5.16. The van der Waals surface area contributed by atoms with E-state index in [0.717, 1.165) is 13.0 Å². The molecule has 1 aromatic rings. The van der Waals surface area contributed by atoms with Crippen molar-refractivity contribution in [1.29, 1.82) is 0 Å². The average molecular weight is 317 g/mol. The Balaban J connectivity index is 2.82. The minimum Gasteiger partial charge on any atom is -0.464 e. The maximum atomic E-state index is 12.5. The lowest BCUT2D eigenvalue weighted by Gasteiger charge is -2.18. The predicted molar refractivity (Wildman–Crippen MR) is 83.8 cm³/mol. The summed E-state index contributed by atoms with van der Waals surface area (Å²) in [6.07, 6.45) is 1.03. The first-order chi connectivity index (χ1) is 9.78. The SMILES string of the molecule is CCCNCc1cc(S(=O)(=O)N(C)CCN(C)C)c(C)o1. The van der Waals surface area contributed by atoms with Crippen molar-refractivity contribution >= 4 is 10.0 Å². The molecule has 122 valence electrons. The number of nitrogens with zero attached hydrogens (tertiary/aromatic N) is 2. The van der Waals surface area contributed by atoms with Crippen molar-refractivity contribution in [2.75, 3.05) is 40.8 Å². The highest BCUT2D eigenvalue weighted by molar-refractivity contribution is 7.89. The van der Waals surface area contributed by atoms with Crippen LogP contribution in [0.25, 0.3) is 0 Å². The highest BCUT2D eigenvalue weighted by Crippen LogP contribution is 2.22. The Morgan fingerprint density at radius 1 is 1.24 bits per heavy atom. The molecule has 1 rings (SSSR count). The van der Waals surface area contributed by atoms with Crippen molar-refractivity contribution in [2.45, 2.75) is 31.7 Å². The Morgan fingerprint density at radius 2 is 1.90 bits per heavy atom. The number of nitrogens with one attached hydrogen (secondary N) is 1. The molecule has 0 spiro atoms. The van der Waals surface area contributed by atoms with Crippen molar-refractivity contribution in [3.63, 3.8) is 0 Å². The summed E-state index contributed by atoms with van der Waals surface area (Å²) in [6.45, 7) is 6.32. The first kappa shape index (κ1) is 18.2. The van der Waals surface area contributed by atoms with E-state index in [9.17, 15) is 8.42 Å². The molecule has 7 heteroatoms. The van der Waals surface area contributed by atoms with E-state index < -0.39 is 10.0 Å². The van der Waals surface area contributed by atoms with Crippen molar-refractivity contribution in [1.82, 2.24) is 14.5 Å². The number of likely N-dealkylation sites (N-methyl/N-ethyl adjacent to an activating group) is 2. The standard InChI is InChI=1S/C14H27N3O3S/c1-6-7-15-11-13-10-14(12(2)20-13)21(18,19)17(5)9-8-16(3)4/h10,15H,6-9,11H2,1-5H3. The highest BCUT2D eigenvalue weighted by Gasteiger charge is 2.25. The third-order valence-electron chi connectivity index (χ3n) is 3.20. The van der Waals surface area contributed by atoms with Gasteiger partial charge in [-0.25, -0.2) is 8.42 Å². The molecular formula is C14H27N3O3S. The van der Waals surface area contributed by atoms with Crippen molar-refractivity contribution in [3.8, 4) is 0 Å². The number of hydrogen-bond donors (Lipinski definition) is 1. The quantitative estimate of drug-likeness (QED) is 0.695. The zero-order valence-electron chi connectivity index (χ0n) is 13.6. The van der Waals surface area contributed by atoms with Crippen LogP contribution in [0.15, 0.2) is 15.4 Å². The van der Waals surface area contributed by atoms with E-state index in [1.807, 2.05) is 19.0 Å². The fourth-order valence-electron chi connectivity index (χ4n) is 1.88. The monoisotopic (exact) mass is 317 g/mol. The molecule has 0 radical (unpaired) electrons. The number of furan rings is 1. The van der Waals surface area contributed by atoms with Gasteiger partial charge in [0.2, 0.25) is 10.0 Å². The summed E-state index contributed by atoms with van der Waals surface area (Å²) in [5.74, 6) is 1.10. The lowest BCUT2D eigenvalue weighted by atomic mass is 10.4. The molecule has 0 unspecified atom stereocenters. The average Bonchev–Trinajstić information content (AvgIpc) is 2.78. The molecule has 0 aliphatic carbocycles. The largest absolute Gasteiger partial charge is 0.464 e. The first-order valence-electron chi connectivity index (χ1n) is 7.20. The normalized spacial score (nSPS) is 12.5. The van der Waals surface area contributed by atoms with Gasteiger partial charge in [-0.05, 0) is 34.0 Å². The maximum Gasteiger partial charge on any atom is 0.246 e. The lowest BCUT2D eigenvalue weighted by molar-refractivity contribution is 0.358. The molecule has 0 atom stereocenters. The summed E-state index contributed by atoms with van der Waals surface area (Å²) < 4.78 is 32.0. The first-order valence-corrected chi connectivity index (χ1v) is 8.64. The fourth-order valence-corrected chi connectivity index (χ4v) is 3.23. The fraction of sp³-hybridized carbons (Fsp3) is 0.714. The number of rotatable bonds is 9. The molecule has 1 N–H and O–H groups in total. The highest BCUT2D eigenvalue weighted by atomic mass is 32.2. The summed E-state index contributed by atoms with van der Waals surface area (Å²) in [5, 5.41) is 3.20. The molecule has 21 heavy (non-hydrogen) atoms. The minimum atomic E-state index is -3.49. The smallest absolute Gasteiger partial charge is 0.246 e. The molecule has 0 amide bonds. The Bertz CT molecular complexity index is 538. The van der Waals surface area contributed by atoms with E-state index >= 15 is 0 Å². The van der Waals surface area contributed by atoms with Crippen molar-refractivity contribution in [3.05, 3.63) is 17.6 Å². The Labute approximate surface area is 128 Å². The Kier molecular flexibility index (Phi) is 6.86. The summed E-state index contributed by atoms with van der Waals surface area (Å²) >= 11 is 0. The van der Waals surface area contributed by atoms with Gasteiger partial charge in [-0.3, -0.25) is 0 Å². The summed E-state index contributed by atoms with van der Waals surface area (Å²) in [6, 6.07) is 1.62. The van der Waals surface area contributed by atoms with Gasteiger partial charge in [0.1, 0.15) is 16.4 Å². The van der Waals surface area contributed by atoms with Crippen LogP contribution in [-0.4, -0.2) is 58.4 Å². The zero-order valence-corrected chi connectivity index (χ0v) is 14.5. The minimum absolute atomic E-state index is 0.261. The second kappa shape index (κ2) is 7.93. The maximum absolute atomic E-state index is 12.5. The van der Waals surface area contributed by atoms with Crippen molar-refractivity contribution in [2.24, 2.45) is 0 Å². The van der Waals surface area contributed by atoms with Crippen molar-refractivity contribution < 1.29 is 12.8 Å². The molecule has 0 aliphatic heterocycles. The second-order valence-corrected chi connectivity index (χ2v) is 7.45. The van der Waals surface area contributed by atoms with Gasteiger partial charge in [-0.1, -0.05) is 6.92 Å². The van der Waals surface area contributed by atoms with Crippen LogP contribution in [0.1, 0.15) is 24.9 Å². The van der Waals surface area contributed by atoms with Crippen LogP contribution in [0.5, 0.6) is 0 Å². The van der Waals surface area contributed by atoms with Crippen LogP contribution in [0.3, 0.4) is 0 Å². The molecule has 0 aliphatic rings. The van der Waals surface area contributed by atoms with Gasteiger partial charge in [0.15, 0.2) is 0 Å². The zero-order chi connectivity index (χ0) is 16.0. The van der Waals surface area contributed by atoms with Gasteiger partial charge < -0.3 is 14.6 Å². The molecular weight excluding hydrogens is 290 g/mol. The van der Waals surface area contributed by atoms with Crippen LogP contribution in [0.2, 0.25) is 0 Å². The van der Waals surface area contributed by atoms with Gasteiger partial charge >= 0.3 is 0 Å². The molecule has 0 fully saturated rings. The number of sulfonamides is 1. The number of hydrogen-bond acceptors (Lipinski definition) is 5. The van der Waals surface area contributed by atoms with E-state index in [2.05, 4.69) is 12.2 Å². The molecule has 1 aromatic heterocycles. The lowest BCUT2D eigenvalue weighted by Crippen LogP contribution is -2.33. The van der Waals surface area contributed by atoms with Gasteiger partial charge in [0.05, 0.1) is 6.54 Å². The van der Waals surface area contributed by atoms with Crippen LogP contribution >= 0.6 is 0 Å². The van der Waals surface area contributed by atoms with E-state index in [4.69, 9.17) is 4.42 Å². The second-order valence-electron chi connectivity index (χ2n) is 5.44. The molecule has 0 saturated heterocycles. The van der Waals surface area contributed by atoms with Gasteiger partial charge in [-0.15, -0.1) is 0 Å². The van der Waals surface area contributed by atoms with Crippen LogP contribution in [0.4, 0.5) is 0 Å². The topological polar surface area (TPSA) is 65.8 Å². The Hall–Kier alpha value is -0.890. The number of aryl methyl sites for hydroxylation is 1. The molecule has 6 nitrogen and oxygen atoms in total. The van der Waals surface area contributed by atoms with Crippen LogP contribution in [0, 0.1) is 6.92 Å². The van der Waals surface area contributed by atoms with E-state index in [1.54, 1.807) is 20.0 Å². The van der Waals surface area contributed by atoms with E-state index in [1.165, 1.54) is 4.31 Å². The van der Waals surface area contributed by atoms with Gasteiger partial charge in [0.25, 0.3) is 0 Å². The molecule has 0 aromatic carbocycles. The summed E-state index contributed by atoms with van der Waals surface area (Å²) in [5.41, 5.74) is 0. The van der Waals surface area contributed by atoms with E-state index in [-0.39, 0.29) is 4.90 Å². The van der Waals surface area contributed by atoms with E-state index in [0.29, 0.717) is 31.2 Å². The molecule has 1 heterocycles. The van der Waals surface area contributed by atoms with Gasteiger partial charge in [-0.2, -0.15) is 4.31 Å².